The molecule has 0 aliphatic rings. The number of rotatable bonds is 5. The Kier molecular flexibility index (Phi) is 4.80. The molecule has 0 saturated heterocycles. The van der Waals surface area contributed by atoms with E-state index in [1.165, 1.54) is 0 Å². The van der Waals surface area contributed by atoms with Crippen molar-refractivity contribution in [3.05, 3.63) is 51.6 Å². The number of furan rings is 1. The number of hydrogen-bond donors (Lipinski definition) is 1. The summed E-state index contributed by atoms with van der Waals surface area (Å²) in [6.07, 6.45) is 5.91. The van der Waals surface area contributed by atoms with Crippen molar-refractivity contribution >= 4 is 27.5 Å². The molecule has 0 aliphatic heterocycles. The van der Waals surface area contributed by atoms with Crippen molar-refractivity contribution in [2.45, 2.75) is 19.4 Å². The predicted molar refractivity (Wildman–Crippen MR) is 75.8 cm³/mol. The van der Waals surface area contributed by atoms with Gasteiger partial charge in [-0.2, -0.15) is 0 Å². The maximum absolute atomic E-state index is 6.14. The molecule has 0 amide bonds. The van der Waals surface area contributed by atoms with Gasteiger partial charge in [0.15, 0.2) is 4.67 Å². The molecule has 0 spiro atoms. The Morgan fingerprint density at radius 1 is 1.50 bits per heavy atom. The van der Waals surface area contributed by atoms with E-state index in [0.29, 0.717) is 5.02 Å². The van der Waals surface area contributed by atoms with Gasteiger partial charge in [0, 0.05) is 24.0 Å². The van der Waals surface area contributed by atoms with E-state index in [1.807, 2.05) is 12.1 Å². The molecular weight excluding hydrogens is 316 g/mol. The van der Waals surface area contributed by atoms with E-state index in [0.717, 1.165) is 28.8 Å². The van der Waals surface area contributed by atoms with Crippen LogP contribution < -0.4 is 5.32 Å². The fraction of sp³-hybridized carbons (Fsp3) is 0.308. The molecule has 0 bridgehead atoms. The van der Waals surface area contributed by atoms with Crippen LogP contribution in [0, 0.1) is 0 Å². The summed E-state index contributed by atoms with van der Waals surface area (Å²) in [5, 5.41) is 4.13. The van der Waals surface area contributed by atoms with Crippen LogP contribution in [0.1, 0.15) is 24.1 Å². The van der Waals surface area contributed by atoms with Crippen LogP contribution in [0.3, 0.4) is 0 Å². The van der Waals surface area contributed by atoms with E-state index in [4.69, 9.17) is 16.0 Å². The first kappa shape index (κ1) is 13.6. The second-order valence-electron chi connectivity index (χ2n) is 3.93. The quantitative estimate of drug-likeness (QED) is 0.901. The van der Waals surface area contributed by atoms with Gasteiger partial charge in [-0.05, 0) is 46.6 Å². The third-order valence-electron chi connectivity index (χ3n) is 2.75. The van der Waals surface area contributed by atoms with Crippen LogP contribution in [0.15, 0.2) is 39.9 Å². The highest BCUT2D eigenvalue weighted by Gasteiger charge is 2.17. The van der Waals surface area contributed by atoms with Gasteiger partial charge in [-0.25, -0.2) is 0 Å². The number of aromatic nitrogens is 1. The van der Waals surface area contributed by atoms with Crippen LogP contribution in [-0.4, -0.2) is 11.5 Å². The van der Waals surface area contributed by atoms with Crippen molar-refractivity contribution in [3.8, 4) is 0 Å². The van der Waals surface area contributed by atoms with E-state index in [9.17, 15) is 0 Å². The van der Waals surface area contributed by atoms with Crippen LogP contribution in [0.2, 0.25) is 5.02 Å². The molecule has 2 heterocycles. The zero-order valence-electron chi connectivity index (χ0n) is 9.99. The lowest BCUT2D eigenvalue weighted by molar-refractivity contribution is 0.506. The first-order chi connectivity index (χ1) is 8.72. The summed E-state index contributed by atoms with van der Waals surface area (Å²) in [7, 11) is 0. The summed E-state index contributed by atoms with van der Waals surface area (Å²) in [6, 6.07) is 4.08. The lowest BCUT2D eigenvalue weighted by Crippen LogP contribution is -2.23. The number of nitrogens with zero attached hydrogens (tertiary/aromatic N) is 1. The van der Waals surface area contributed by atoms with Crippen molar-refractivity contribution in [3.63, 3.8) is 0 Å². The van der Waals surface area contributed by atoms with Gasteiger partial charge in [-0.15, -0.1) is 0 Å². The molecule has 0 fully saturated rings. The van der Waals surface area contributed by atoms with Crippen LogP contribution in [0.25, 0.3) is 0 Å². The van der Waals surface area contributed by atoms with Crippen molar-refractivity contribution < 1.29 is 4.42 Å². The van der Waals surface area contributed by atoms with Crippen molar-refractivity contribution in [1.82, 2.24) is 10.3 Å². The van der Waals surface area contributed by atoms with E-state index >= 15 is 0 Å². The highest BCUT2D eigenvalue weighted by molar-refractivity contribution is 9.10. The SMILES string of the molecule is CCNC(Cc1ccncc1Cl)c1ccoc1Br. The number of nitrogens with one attached hydrogen (secondary N) is 1. The minimum Gasteiger partial charge on any atom is -0.457 e. The summed E-state index contributed by atoms with van der Waals surface area (Å²) >= 11 is 9.56. The molecule has 0 radical (unpaired) electrons. The Hall–Kier alpha value is -0.840. The third-order valence-corrected chi connectivity index (χ3v) is 3.74. The van der Waals surface area contributed by atoms with Gasteiger partial charge in [0.05, 0.1) is 11.3 Å². The molecule has 1 N–H and O–H groups in total. The lowest BCUT2D eigenvalue weighted by atomic mass is 10.0. The maximum Gasteiger partial charge on any atom is 0.173 e. The predicted octanol–water partition coefficient (Wildman–Crippen LogP) is 3.98. The van der Waals surface area contributed by atoms with Crippen molar-refractivity contribution in [2.75, 3.05) is 6.54 Å². The Balaban J connectivity index is 2.22. The fourth-order valence-electron chi connectivity index (χ4n) is 1.88. The van der Waals surface area contributed by atoms with E-state index in [1.54, 1.807) is 18.7 Å². The first-order valence-corrected chi connectivity index (χ1v) is 6.94. The molecule has 2 rings (SSSR count). The standard InChI is InChI=1S/C13H14BrClN2O/c1-2-17-12(10-4-6-18-13(10)14)7-9-3-5-16-8-11(9)15/h3-6,8,12,17H,2,7H2,1H3. The molecule has 18 heavy (non-hydrogen) atoms. The van der Waals surface area contributed by atoms with Gasteiger partial charge < -0.3 is 9.73 Å². The molecule has 1 unspecified atom stereocenters. The zero-order valence-corrected chi connectivity index (χ0v) is 12.3. The van der Waals surface area contributed by atoms with Crippen LogP contribution >= 0.6 is 27.5 Å². The van der Waals surface area contributed by atoms with Gasteiger partial charge in [0.1, 0.15) is 0 Å². The Morgan fingerprint density at radius 2 is 2.33 bits per heavy atom. The van der Waals surface area contributed by atoms with Crippen LogP contribution in [0.4, 0.5) is 0 Å². The highest BCUT2D eigenvalue weighted by Crippen LogP contribution is 2.28. The first-order valence-electron chi connectivity index (χ1n) is 5.77. The molecule has 2 aromatic rings. The van der Waals surface area contributed by atoms with Crippen LogP contribution in [0.5, 0.6) is 0 Å². The van der Waals surface area contributed by atoms with Gasteiger partial charge in [-0.3, -0.25) is 4.98 Å². The van der Waals surface area contributed by atoms with E-state index in [-0.39, 0.29) is 6.04 Å². The minimum atomic E-state index is 0.169. The molecule has 0 saturated carbocycles. The summed E-state index contributed by atoms with van der Waals surface area (Å²) in [5.41, 5.74) is 2.18. The second kappa shape index (κ2) is 6.36. The minimum absolute atomic E-state index is 0.169. The average molecular weight is 330 g/mol. The summed E-state index contributed by atoms with van der Waals surface area (Å²) in [5.74, 6) is 0. The molecule has 3 nitrogen and oxygen atoms in total. The van der Waals surface area contributed by atoms with E-state index in [2.05, 4.69) is 33.2 Å². The monoisotopic (exact) mass is 328 g/mol. The zero-order chi connectivity index (χ0) is 13.0. The van der Waals surface area contributed by atoms with Gasteiger partial charge in [0.2, 0.25) is 0 Å². The second-order valence-corrected chi connectivity index (χ2v) is 5.06. The molecule has 2 aromatic heterocycles. The molecular formula is C13H14BrClN2O. The smallest absolute Gasteiger partial charge is 0.173 e. The third kappa shape index (κ3) is 3.13. The van der Waals surface area contributed by atoms with Crippen molar-refractivity contribution in [2.24, 2.45) is 0 Å². The van der Waals surface area contributed by atoms with Gasteiger partial charge in [-0.1, -0.05) is 18.5 Å². The summed E-state index contributed by atoms with van der Waals surface area (Å²) < 4.78 is 6.05. The fourth-order valence-corrected chi connectivity index (χ4v) is 2.59. The average Bonchev–Trinajstić information content (AvgIpc) is 2.78. The Labute approximate surface area is 120 Å². The lowest BCUT2D eigenvalue weighted by Gasteiger charge is -2.17. The molecule has 96 valence electrons. The van der Waals surface area contributed by atoms with Crippen LogP contribution in [-0.2, 0) is 6.42 Å². The largest absolute Gasteiger partial charge is 0.457 e. The number of likely N-dealkylation sites (N-methyl/N-ethyl adjacent to an activating group) is 1. The highest BCUT2D eigenvalue weighted by atomic mass is 79.9. The number of pyridine rings is 1. The van der Waals surface area contributed by atoms with E-state index < -0.39 is 0 Å². The van der Waals surface area contributed by atoms with Gasteiger partial charge >= 0.3 is 0 Å². The number of hydrogen-bond acceptors (Lipinski definition) is 3. The topological polar surface area (TPSA) is 38.1 Å². The summed E-state index contributed by atoms with van der Waals surface area (Å²) in [4.78, 5) is 4.00. The summed E-state index contributed by atoms with van der Waals surface area (Å²) in [6.45, 7) is 2.96. The Bertz CT molecular complexity index is 515. The molecule has 5 heteroatoms. The van der Waals surface area contributed by atoms with Crippen molar-refractivity contribution in [1.29, 1.82) is 0 Å². The Morgan fingerprint density at radius 3 is 2.94 bits per heavy atom. The van der Waals surface area contributed by atoms with Gasteiger partial charge in [0.25, 0.3) is 0 Å². The molecule has 0 aromatic carbocycles. The molecule has 0 aliphatic carbocycles. The number of halogens is 2. The molecule has 1 atom stereocenters. The normalized spacial score (nSPS) is 12.6. The maximum atomic E-state index is 6.14.